The summed E-state index contributed by atoms with van der Waals surface area (Å²) in [6.07, 6.45) is -0.592. The van der Waals surface area contributed by atoms with E-state index in [1.54, 1.807) is 11.3 Å². The van der Waals surface area contributed by atoms with Crippen LogP contribution in [0, 0.1) is 0 Å². The van der Waals surface area contributed by atoms with Crippen molar-refractivity contribution in [3.05, 3.63) is 47.5 Å². The largest absolute Gasteiger partial charge is 0.485 e. The summed E-state index contributed by atoms with van der Waals surface area (Å²) >= 11 is 7.70. The number of fused-ring (bicyclic) bond motifs is 2. The van der Waals surface area contributed by atoms with Crippen LogP contribution in [0.25, 0.3) is 10.2 Å². The molecule has 0 unspecified atom stereocenters. The molecule has 0 spiro atoms. The first-order valence-electron chi connectivity index (χ1n) is 9.16. The number of rotatable bonds is 2. The van der Waals surface area contributed by atoms with Gasteiger partial charge in [0.2, 0.25) is 6.10 Å². The van der Waals surface area contributed by atoms with Gasteiger partial charge in [-0.05, 0) is 30.3 Å². The first-order chi connectivity index (χ1) is 13.7. The fourth-order valence-corrected chi connectivity index (χ4v) is 4.78. The molecule has 2 aliphatic heterocycles. The fraction of sp³-hybridized carbons (Fsp3) is 0.300. The van der Waals surface area contributed by atoms with Gasteiger partial charge in [0, 0.05) is 31.2 Å². The van der Waals surface area contributed by atoms with E-state index in [0.29, 0.717) is 24.6 Å². The van der Waals surface area contributed by atoms with Gasteiger partial charge in [-0.3, -0.25) is 4.79 Å². The molecule has 5 rings (SSSR count). The molecule has 1 atom stereocenters. The Morgan fingerprint density at radius 2 is 1.89 bits per heavy atom. The average Bonchev–Trinajstić information content (AvgIpc) is 3.16. The highest BCUT2D eigenvalue weighted by atomic mass is 35.5. The molecule has 1 saturated heterocycles. The number of aromatic nitrogens is 1. The monoisotopic (exact) mass is 415 g/mol. The maximum absolute atomic E-state index is 12.9. The number of ether oxygens (including phenoxy) is 2. The average molecular weight is 416 g/mol. The predicted octanol–water partition coefficient (Wildman–Crippen LogP) is 3.44. The molecule has 2 aromatic carbocycles. The highest BCUT2D eigenvalue weighted by Crippen LogP contribution is 2.33. The Morgan fingerprint density at radius 1 is 1.11 bits per heavy atom. The van der Waals surface area contributed by atoms with Crippen molar-refractivity contribution in [1.29, 1.82) is 0 Å². The van der Waals surface area contributed by atoms with E-state index in [1.807, 2.05) is 47.4 Å². The second-order valence-corrected chi connectivity index (χ2v) is 8.23. The number of piperazine rings is 1. The molecule has 2 aliphatic rings. The van der Waals surface area contributed by atoms with Gasteiger partial charge in [0.05, 0.1) is 10.2 Å². The third-order valence-electron chi connectivity index (χ3n) is 4.99. The smallest absolute Gasteiger partial charge is 0.267 e. The molecule has 3 heterocycles. The molecule has 0 aliphatic carbocycles. The summed E-state index contributed by atoms with van der Waals surface area (Å²) in [7, 11) is 0. The molecule has 28 heavy (non-hydrogen) atoms. The van der Waals surface area contributed by atoms with Gasteiger partial charge in [0.15, 0.2) is 16.6 Å². The van der Waals surface area contributed by atoms with Gasteiger partial charge in [-0.15, -0.1) is 0 Å². The lowest BCUT2D eigenvalue weighted by atomic mass is 10.2. The lowest BCUT2D eigenvalue weighted by Gasteiger charge is -2.37. The van der Waals surface area contributed by atoms with E-state index in [1.165, 1.54) is 0 Å². The highest BCUT2D eigenvalue weighted by Gasteiger charge is 2.33. The second-order valence-electron chi connectivity index (χ2n) is 6.79. The van der Waals surface area contributed by atoms with Crippen molar-refractivity contribution in [2.75, 3.05) is 37.7 Å². The number of hydrogen-bond acceptors (Lipinski definition) is 6. The number of halogens is 1. The van der Waals surface area contributed by atoms with Crippen LogP contribution in [0.1, 0.15) is 0 Å². The summed E-state index contributed by atoms with van der Waals surface area (Å²) in [6.45, 7) is 3.00. The molecule has 1 aromatic heterocycles. The minimum atomic E-state index is -0.592. The third-order valence-corrected chi connectivity index (χ3v) is 6.30. The number of para-hydroxylation sites is 2. The van der Waals surface area contributed by atoms with Crippen LogP contribution < -0.4 is 14.4 Å². The maximum atomic E-state index is 12.9. The van der Waals surface area contributed by atoms with Crippen LogP contribution in [0.2, 0.25) is 5.02 Å². The third kappa shape index (κ3) is 3.25. The van der Waals surface area contributed by atoms with Gasteiger partial charge in [-0.2, -0.15) is 0 Å². The molecule has 8 heteroatoms. The predicted molar refractivity (Wildman–Crippen MR) is 110 cm³/mol. The van der Waals surface area contributed by atoms with Gasteiger partial charge in [-0.1, -0.05) is 35.1 Å². The molecule has 0 bridgehead atoms. The zero-order valence-electron chi connectivity index (χ0n) is 15.0. The number of carbonyl (C=O) groups is 1. The molecule has 0 saturated carbocycles. The molecular weight excluding hydrogens is 398 g/mol. The maximum Gasteiger partial charge on any atom is 0.267 e. The first kappa shape index (κ1) is 17.6. The number of nitrogens with zero attached hydrogens (tertiary/aromatic N) is 3. The summed E-state index contributed by atoms with van der Waals surface area (Å²) < 4.78 is 12.6. The minimum absolute atomic E-state index is 0.0229. The van der Waals surface area contributed by atoms with Crippen molar-refractivity contribution < 1.29 is 14.3 Å². The Kier molecular flexibility index (Phi) is 4.49. The summed E-state index contributed by atoms with van der Waals surface area (Å²) in [4.78, 5) is 21.6. The lowest BCUT2D eigenvalue weighted by Crippen LogP contribution is -2.54. The van der Waals surface area contributed by atoms with Crippen LogP contribution in [0.3, 0.4) is 0 Å². The summed E-state index contributed by atoms with van der Waals surface area (Å²) in [6, 6.07) is 13.2. The normalized spacial score (nSPS) is 19.1. The molecule has 1 fully saturated rings. The Hall–Kier alpha value is -2.51. The van der Waals surface area contributed by atoms with Crippen LogP contribution in [0.5, 0.6) is 11.5 Å². The van der Waals surface area contributed by atoms with E-state index in [9.17, 15) is 4.79 Å². The van der Waals surface area contributed by atoms with Crippen molar-refractivity contribution >= 4 is 44.2 Å². The zero-order chi connectivity index (χ0) is 19.1. The summed E-state index contributed by atoms with van der Waals surface area (Å²) in [5.74, 6) is 1.29. The van der Waals surface area contributed by atoms with Crippen LogP contribution >= 0.6 is 22.9 Å². The molecule has 0 N–H and O–H groups in total. The number of benzene rings is 2. The SMILES string of the molecule is O=C([C@@H]1COc2ccccc2O1)N1CCN(c2nc3ccc(Cl)cc3s2)CC1. The Labute approximate surface area is 171 Å². The number of hydrogen-bond donors (Lipinski definition) is 0. The van der Waals surface area contributed by atoms with Crippen LogP contribution in [0.15, 0.2) is 42.5 Å². The molecule has 6 nitrogen and oxygen atoms in total. The number of amides is 1. The highest BCUT2D eigenvalue weighted by molar-refractivity contribution is 7.22. The molecule has 3 aromatic rings. The van der Waals surface area contributed by atoms with E-state index >= 15 is 0 Å². The zero-order valence-corrected chi connectivity index (χ0v) is 16.6. The number of carbonyl (C=O) groups excluding carboxylic acids is 1. The topological polar surface area (TPSA) is 54.9 Å². The fourth-order valence-electron chi connectivity index (χ4n) is 3.48. The number of anilines is 1. The molecule has 0 radical (unpaired) electrons. The summed E-state index contributed by atoms with van der Waals surface area (Å²) in [5.41, 5.74) is 0.953. The Morgan fingerprint density at radius 3 is 2.71 bits per heavy atom. The van der Waals surface area contributed by atoms with Crippen molar-refractivity contribution in [3.8, 4) is 11.5 Å². The first-order valence-corrected chi connectivity index (χ1v) is 10.4. The lowest BCUT2D eigenvalue weighted by molar-refractivity contribution is -0.141. The van der Waals surface area contributed by atoms with E-state index in [2.05, 4.69) is 4.90 Å². The van der Waals surface area contributed by atoms with E-state index < -0.39 is 6.10 Å². The van der Waals surface area contributed by atoms with E-state index in [4.69, 9.17) is 26.1 Å². The molecular formula is C20H18ClN3O3S. The van der Waals surface area contributed by atoms with E-state index in [-0.39, 0.29) is 12.5 Å². The minimum Gasteiger partial charge on any atom is -0.485 e. The van der Waals surface area contributed by atoms with E-state index in [0.717, 1.165) is 33.5 Å². The van der Waals surface area contributed by atoms with Gasteiger partial charge in [0.1, 0.15) is 6.61 Å². The van der Waals surface area contributed by atoms with Gasteiger partial charge < -0.3 is 19.3 Å². The Balaban J connectivity index is 1.23. The quantitative estimate of drug-likeness (QED) is 0.641. The number of thiazole rings is 1. The van der Waals surface area contributed by atoms with Crippen LogP contribution in [-0.2, 0) is 4.79 Å². The standard InChI is InChI=1S/C20H18ClN3O3S/c21-13-5-6-14-18(11-13)28-20(22-14)24-9-7-23(8-10-24)19(25)17-12-26-15-3-1-2-4-16(15)27-17/h1-6,11,17H,7-10,12H2/t17-/m0/s1. The molecule has 144 valence electrons. The van der Waals surface area contributed by atoms with Gasteiger partial charge >= 0.3 is 0 Å². The molecule has 1 amide bonds. The van der Waals surface area contributed by atoms with Crippen molar-refractivity contribution in [3.63, 3.8) is 0 Å². The second kappa shape index (κ2) is 7.14. The van der Waals surface area contributed by atoms with Gasteiger partial charge in [0.25, 0.3) is 5.91 Å². The Bertz CT molecular complexity index is 1030. The van der Waals surface area contributed by atoms with Crippen molar-refractivity contribution in [2.24, 2.45) is 0 Å². The van der Waals surface area contributed by atoms with Gasteiger partial charge in [-0.25, -0.2) is 4.98 Å². The van der Waals surface area contributed by atoms with Crippen LogP contribution in [0.4, 0.5) is 5.13 Å². The van der Waals surface area contributed by atoms with Crippen molar-refractivity contribution in [1.82, 2.24) is 9.88 Å². The van der Waals surface area contributed by atoms with Crippen LogP contribution in [-0.4, -0.2) is 54.7 Å². The van der Waals surface area contributed by atoms with Crippen molar-refractivity contribution in [2.45, 2.75) is 6.10 Å². The summed E-state index contributed by atoms with van der Waals surface area (Å²) in [5, 5.41) is 1.69.